The molecule has 19 heavy (non-hydrogen) atoms. The zero-order valence-corrected chi connectivity index (χ0v) is 11.1. The number of nitrogens with zero attached hydrogens (tertiary/aromatic N) is 5. The molecule has 0 atom stereocenters. The van der Waals surface area contributed by atoms with Crippen molar-refractivity contribution in [1.82, 2.24) is 29.9 Å². The Labute approximate surface area is 112 Å². The van der Waals surface area contributed by atoms with Crippen LogP contribution in [0.25, 0.3) is 0 Å². The van der Waals surface area contributed by atoms with Crippen LogP contribution in [-0.4, -0.2) is 69.7 Å². The van der Waals surface area contributed by atoms with Gasteiger partial charge >= 0.3 is 0 Å². The van der Waals surface area contributed by atoms with Crippen molar-refractivity contribution in [2.45, 2.75) is 19.5 Å². The van der Waals surface area contributed by atoms with Gasteiger partial charge in [0.05, 0.1) is 13.1 Å². The number of carbonyl (C=O) groups is 1. The van der Waals surface area contributed by atoms with Gasteiger partial charge in [-0.2, -0.15) is 0 Å². The molecule has 1 fully saturated rings. The molecule has 0 aromatic carbocycles. The molecule has 1 saturated heterocycles. The third-order valence-electron chi connectivity index (χ3n) is 3.77. The minimum atomic E-state index is 0.233. The van der Waals surface area contributed by atoms with E-state index in [1.165, 1.54) is 0 Å². The topological polar surface area (TPSA) is 66.3 Å². The lowest BCUT2D eigenvalue weighted by Crippen LogP contribution is -2.44. The van der Waals surface area contributed by atoms with Crippen LogP contribution in [0.1, 0.15) is 12.2 Å². The molecule has 0 unspecified atom stereocenters. The number of aromatic nitrogens is 3. The van der Waals surface area contributed by atoms with E-state index in [9.17, 15) is 4.79 Å². The lowest BCUT2D eigenvalue weighted by molar-refractivity contribution is -0.132. The first-order valence-corrected chi connectivity index (χ1v) is 6.90. The second-order valence-electron chi connectivity index (χ2n) is 5.14. The average molecular weight is 264 g/mol. The number of hydrogen-bond donors (Lipinski definition) is 1. The van der Waals surface area contributed by atoms with Gasteiger partial charge in [0.2, 0.25) is 5.91 Å². The molecule has 0 saturated carbocycles. The summed E-state index contributed by atoms with van der Waals surface area (Å²) < 4.78 is 2.05. The summed E-state index contributed by atoms with van der Waals surface area (Å²) in [5.74, 6) is 1.19. The molecule has 0 spiro atoms. The molecule has 1 amide bonds. The van der Waals surface area contributed by atoms with Crippen LogP contribution in [0, 0.1) is 0 Å². The van der Waals surface area contributed by atoms with Gasteiger partial charge in [-0.05, 0) is 13.0 Å². The Morgan fingerprint density at radius 3 is 3.16 bits per heavy atom. The van der Waals surface area contributed by atoms with E-state index >= 15 is 0 Å². The molecule has 7 heteroatoms. The van der Waals surface area contributed by atoms with Crippen molar-refractivity contribution < 1.29 is 4.79 Å². The maximum Gasteiger partial charge on any atom is 0.236 e. The average Bonchev–Trinajstić information content (AvgIpc) is 2.71. The van der Waals surface area contributed by atoms with Gasteiger partial charge in [0.1, 0.15) is 12.2 Å². The van der Waals surface area contributed by atoms with E-state index in [-0.39, 0.29) is 5.91 Å². The van der Waals surface area contributed by atoms with Crippen molar-refractivity contribution in [3.05, 3.63) is 12.2 Å². The Kier molecular flexibility index (Phi) is 3.74. The zero-order valence-electron chi connectivity index (χ0n) is 11.1. The monoisotopic (exact) mass is 264 g/mol. The molecular formula is C12H20N6O. The molecule has 104 valence electrons. The maximum absolute atomic E-state index is 12.3. The number of fused-ring (bicyclic) bond motifs is 1. The number of nitrogens with one attached hydrogen (secondary N) is 1. The van der Waals surface area contributed by atoms with Crippen molar-refractivity contribution in [1.29, 1.82) is 0 Å². The Balaban J connectivity index is 1.55. The van der Waals surface area contributed by atoms with Gasteiger partial charge < -0.3 is 14.8 Å². The maximum atomic E-state index is 12.3. The van der Waals surface area contributed by atoms with Gasteiger partial charge in [0.25, 0.3) is 0 Å². The molecule has 2 aliphatic rings. The minimum Gasteiger partial charge on any atom is -0.340 e. The van der Waals surface area contributed by atoms with Gasteiger partial charge in [0, 0.05) is 32.7 Å². The van der Waals surface area contributed by atoms with Gasteiger partial charge in [-0.25, -0.2) is 0 Å². The zero-order chi connectivity index (χ0) is 13.1. The summed E-state index contributed by atoms with van der Waals surface area (Å²) >= 11 is 0. The predicted molar refractivity (Wildman–Crippen MR) is 69.4 cm³/mol. The quantitative estimate of drug-likeness (QED) is 0.736. The van der Waals surface area contributed by atoms with Crippen molar-refractivity contribution >= 4 is 5.91 Å². The standard InChI is InChI=1S/C12H20N6O/c19-12(17-4-1-2-13-3-5-17)9-16-6-7-18-10-14-15-11(18)8-16/h10,13H,1-9H2. The second-order valence-corrected chi connectivity index (χ2v) is 5.14. The van der Waals surface area contributed by atoms with Crippen LogP contribution >= 0.6 is 0 Å². The van der Waals surface area contributed by atoms with Crippen molar-refractivity contribution in [3.8, 4) is 0 Å². The van der Waals surface area contributed by atoms with E-state index in [1.54, 1.807) is 6.33 Å². The normalized spacial score (nSPS) is 20.9. The molecule has 1 N–H and O–H groups in total. The van der Waals surface area contributed by atoms with Crippen molar-refractivity contribution in [2.75, 3.05) is 39.3 Å². The molecule has 0 radical (unpaired) electrons. The molecule has 1 aromatic heterocycles. The number of carbonyl (C=O) groups excluding carboxylic acids is 1. The second kappa shape index (κ2) is 5.66. The van der Waals surface area contributed by atoms with E-state index in [2.05, 4.69) is 25.0 Å². The first-order chi connectivity index (χ1) is 9.33. The SMILES string of the molecule is O=C(CN1CCn2cnnc2C1)N1CCCNCC1. The molecule has 2 aliphatic heterocycles. The van der Waals surface area contributed by atoms with Gasteiger partial charge in [-0.3, -0.25) is 9.69 Å². The highest BCUT2D eigenvalue weighted by molar-refractivity contribution is 5.78. The van der Waals surface area contributed by atoms with E-state index in [1.807, 2.05) is 4.90 Å². The largest absolute Gasteiger partial charge is 0.340 e. The van der Waals surface area contributed by atoms with Gasteiger partial charge in [0.15, 0.2) is 0 Å². The molecule has 0 aliphatic carbocycles. The van der Waals surface area contributed by atoms with Crippen LogP contribution in [0.4, 0.5) is 0 Å². The first kappa shape index (κ1) is 12.6. The van der Waals surface area contributed by atoms with Crippen LogP contribution in [0.2, 0.25) is 0 Å². The summed E-state index contributed by atoms with van der Waals surface area (Å²) in [5, 5.41) is 11.3. The van der Waals surface area contributed by atoms with Crippen LogP contribution in [0.15, 0.2) is 6.33 Å². The third-order valence-corrected chi connectivity index (χ3v) is 3.77. The van der Waals surface area contributed by atoms with Gasteiger partial charge in [-0.15, -0.1) is 10.2 Å². The highest BCUT2D eigenvalue weighted by Gasteiger charge is 2.22. The lowest BCUT2D eigenvalue weighted by atomic mass is 10.3. The van der Waals surface area contributed by atoms with E-state index in [0.717, 1.165) is 58.1 Å². The smallest absolute Gasteiger partial charge is 0.236 e. The first-order valence-electron chi connectivity index (χ1n) is 6.90. The summed E-state index contributed by atoms with van der Waals surface area (Å²) in [6.07, 6.45) is 2.80. The summed E-state index contributed by atoms with van der Waals surface area (Å²) in [4.78, 5) is 16.4. The highest BCUT2D eigenvalue weighted by Crippen LogP contribution is 2.09. The van der Waals surface area contributed by atoms with Crippen molar-refractivity contribution in [2.24, 2.45) is 0 Å². The Hall–Kier alpha value is -1.47. The molecular weight excluding hydrogens is 244 g/mol. The highest BCUT2D eigenvalue weighted by atomic mass is 16.2. The molecule has 7 nitrogen and oxygen atoms in total. The van der Waals surface area contributed by atoms with E-state index in [0.29, 0.717) is 6.54 Å². The number of rotatable bonds is 2. The van der Waals surface area contributed by atoms with E-state index in [4.69, 9.17) is 0 Å². The number of hydrogen-bond acceptors (Lipinski definition) is 5. The van der Waals surface area contributed by atoms with Crippen LogP contribution in [-0.2, 0) is 17.9 Å². The molecule has 3 rings (SSSR count). The van der Waals surface area contributed by atoms with Crippen LogP contribution in [0.3, 0.4) is 0 Å². The summed E-state index contributed by atoms with van der Waals surface area (Å²) in [5.41, 5.74) is 0. The summed E-state index contributed by atoms with van der Waals surface area (Å²) in [7, 11) is 0. The van der Waals surface area contributed by atoms with Crippen LogP contribution in [0.5, 0.6) is 0 Å². The van der Waals surface area contributed by atoms with Gasteiger partial charge in [-0.1, -0.05) is 0 Å². The minimum absolute atomic E-state index is 0.233. The Morgan fingerprint density at radius 2 is 2.21 bits per heavy atom. The summed E-state index contributed by atoms with van der Waals surface area (Å²) in [6.45, 7) is 6.58. The fourth-order valence-electron chi connectivity index (χ4n) is 2.64. The summed E-state index contributed by atoms with van der Waals surface area (Å²) in [6, 6.07) is 0. The Bertz CT molecular complexity index is 437. The van der Waals surface area contributed by atoms with E-state index < -0.39 is 0 Å². The lowest BCUT2D eigenvalue weighted by Gasteiger charge is -2.29. The molecule has 0 bridgehead atoms. The predicted octanol–water partition coefficient (Wildman–Crippen LogP) is -1.08. The Morgan fingerprint density at radius 1 is 1.26 bits per heavy atom. The van der Waals surface area contributed by atoms with Crippen LogP contribution < -0.4 is 5.32 Å². The fraction of sp³-hybridized carbons (Fsp3) is 0.750. The molecule has 1 aromatic rings. The molecule has 3 heterocycles. The number of amides is 1. The fourth-order valence-corrected chi connectivity index (χ4v) is 2.64. The third kappa shape index (κ3) is 2.93. The van der Waals surface area contributed by atoms with Crippen molar-refractivity contribution in [3.63, 3.8) is 0 Å².